The van der Waals surface area contributed by atoms with Gasteiger partial charge in [0.25, 0.3) is 5.91 Å². The van der Waals surface area contributed by atoms with E-state index < -0.39 is 0 Å². The van der Waals surface area contributed by atoms with Gasteiger partial charge in [0.2, 0.25) is 11.8 Å². The van der Waals surface area contributed by atoms with E-state index in [9.17, 15) is 14.4 Å². The Hall–Kier alpha value is -3.01. The molecule has 0 N–H and O–H groups in total. The first-order chi connectivity index (χ1) is 16.9. The molecule has 2 heterocycles. The molecule has 1 fully saturated rings. The van der Waals surface area contributed by atoms with E-state index in [0.29, 0.717) is 35.2 Å². The zero-order chi connectivity index (χ0) is 25.1. The lowest BCUT2D eigenvalue weighted by Gasteiger charge is -2.25. The van der Waals surface area contributed by atoms with Crippen LogP contribution in [-0.2, 0) is 9.59 Å². The molecule has 1 aliphatic heterocycles. The summed E-state index contributed by atoms with van der Waals surface area (Å²) in [5, 5.41) is 0.587. The smallest absolute Gasteiger partial charge is 0.260 e. The van der Waals surface area contributed by atoms with Gasteiger partial charge in [0.1, 0.15) is 11.3 Å². The zero-order valence-corrected chi connectivity index (χ0v) is 22.6. The van der Waals surface area contributed by atoms with Crippen LogP contribution in [0.5, 0.6) is 5.75 Å². The van der Waals surface area contributed by atoms with E-state index in [0.717, 1.165) is 28.9 Å². The molecule has 0 atom stereocenters. The van der Waals surface area contributed by atoms with Crippen molar-refractivity contribution in [3.63, 3.8) is 0 Å². The Labute approximate surface area is 221 Å². The lowest BCUT2D eigenvalue weighted by Crippen LogP contribution is -2.39. The van der Waals surface area contributed by atoms with E-state index in [-0.39, 0.29) is 43.0 Å². The Kier molecular flexibility index (Phi) is 9.05. The van der Waals surface area contributed by atoms with E-state index in [4.69, 9.17) is 9.72 Å². The third-order valence-electron chi connectivity index (χ3n) is 6.33. The summed E-state index contributed by atoms with van der Waals surface area (Å²) in [6, 6.07) is 10.6. The summed E-state index contributed by atoms with van der Waals surface area (Å²) in [7, 11) is 1.61. The number of imide groups is 1. The number of methoxy groups -OCH3 is 1. The van der Waals surface area contributed by atoms with Crippen LogP contribution in [0.1, 0.15) is 42.6 Å². The van der Waals surface area contributed by atoms with E-state index in [1.54, 1.807) is 36.3 Å². The Morgan fingerprint density at radius 1 is 1.08 bits per heavy atom. The molecule has 2 aromatic carbocycles. The molecule has 0 saturated carbocycles. The molecule has 10 heteroatoms. The monoisotopic (exact) mass is 530 g/mol. The predicted octanol–water partition coefficient (Wildman–Crippen LogP) is 4.68. The molecular weight excluding hydrogens is 500 g/mol. The van der Waals surface area contributed by atoms with Gasteiger partial charge in [-0.25, -0.2) is 4.98 Å². The molecule has 4 rings (SSSR count). The number of nitrogens with zero attached hydrogens (tertiary/aromatic N) is 4. The first-order valence-corrected chi connectivity index (χ1v) is 12.6. The predicted molar refractivity (Wildman–Crippen MR) is 146 cm³/mol. The fourth-order valence-electron chi connectivity index (χ4n) is 4.24. The quantitative estimate of drug-likeness (QED) is 0.374. The van der Waals surface area contributed by atoms with Crippen molar-refractivity contribution in [1.29, 1.82) is 0 Å². The third-order valence-corrected chi connectivity index (χ3v) is 7.54. The number of anilines is 2. The van der Waals surface area contributed by atoms with Crippen molar-refractivity contribution in [2.75, 3.05) is 43.1 Å². The van der Waals surface area contributed by atoms with Crippen LogP contribution in [-0.4, -0.2) is 60.9 Å². The largest absolute Gasteiger partial charge is 0.494 e. The van der Waals surface area contributed by atoms with E-state index >= 15 is 0 Å². The van der Waals surface area contributed by atoms with Gasteiger partial charge in [-0.15, -0.1) is 12.4 Å². The number of aromatic nitrogens is 1. The van der Waals surface area contributed by atoms with Crippen LogP contribution in [0.25, 0.3) is 10.2 Å². The molecule has 0 aliphatic carbocycles. The van der Waals surface area contributed by atoms with Gasteiger partial charge in [-0.2, -0.15) is 0 Å². The molecule has 192 valence electrons. The first-order valence-electron chi connectivity index (χ1n) is 11.8. The number of likely N-dealkylation sites (N-methyl/N-ethyl adjacent to an activating group) is 1. The van der Waals surface area contributed by atoms with Crippen LogP contribution in [0, 0.1) is 6.92 Å². The maximum absolute atomic E-state index is 13.8. The summed E-state index contributed by atoms with van der Waals surface area (Å²) in [5.41, 5.74) is 2.62. The number of ether oxygens (including phenoxy) is 1. The number of thiazole rings is 1. The lowest BCUT2D eigenvalue weighted by molar-refractivity contribution is -0.121. The number of carbonyl (C=O) groups excluding carboxylic acids is 3. The van der Waals surface area contributed by atoms with E-state index in [2.05, 4.69) is 18.7 Å². The zero-order valence-electron chi connectivity index (χ0n) is 20.9. The van der Waals surface area contributed by atoms with Crippen LogP contribution >= 0.6 is 23.7 Å². The van der Waals surface area contributed by atoms with Crippen molar-refractivity contribution in [2.24, 2.45) is 0 Å². The highest BCUT2D eigenvalue weighted by atomic mass is 35.5. The summed E-state index contributed by atoms with van der Waals surface area (Å²) in [4.78, 5) is 48.2. The highest BCUT2D eigenvalue weighted by Gasteiger charge is 2.31. The SMILES string of the molecule is CCN(CC)CCN(C(=O)c1cccc(N2C(=O)CCC2=O)c1)c1nc2c(OC)ccc(C)c2s1.Cl. The number of hydrogen-bond acceptors (Lipinski definition) is 7. The van der Waals surface area contributed by atoms with Gasteiger partial charge in [0.05, 0.1) is 17.5 Å². The van der Waals surface area contributed by atoms with Crippen LogP contribution in [0.2, 0.25) is 0 Å². The van der Waals surface area contributed by atoms with Crippen molar-refractivity contribution >= 4 is 62.5 Å². The fourth-order valence-corrected chi connectivity index (χ4v) is 5.32. The average molecular weight is 531 g/mol. The number of hydrogen-bond donors (Lipinski definition) is 0. The molecule has 3 amide bonds. The normalized spacial score (nSPS) is 13.4. The fraction of sp³-hybridized carbons (Fsp3) is 0.385. The molecule has 1 saturated heterocycles. The summed E-state index contributed by atoms with van der Waals surface area (Å²) in [6.07, 6.45) is 0.389. The Bertz CT molecular complexity index is 1260. The number of benzene rings is 2. The minimum Gasteiger partial charge on any atom is -0.494 e. The number of carbonyl (C=O) groups is 3. The number of aryl methyl sites for hydroxylation is 1. The second kappa shape index (κ2) is 11.8. The van der Waals surface area contributed by atoms with Crippen LogP contribution < -0.4 is 14.5 Å². The van der Waals surface area contributed by atoms with Gasteiger partial charge in [0.15, 0.2) is 5.13 Å². The minimum atomic E-state index is -0.244. The van der Waals surface area contributed by atoms with Crippen molar-refractivity contribution in [2.45, 2.75) is 33.6 Å². The summed E-state index contributed by atoms with van der Waals surface area (Å²) >= 11 is 1.46. The first kappa shape index (κ1) is 27.6. The standard InChI is InChI=1S/C26H30N4O4S.ClH/c1-5-28(6-2)14-15-29(26-27-23-20(34-4)11-10-17(3)24(23)35-26)25(33)18-8-7-9-19(16-18)30-21(31)12-13-22(30)32;/h7-11,16H,5-6,12-15H2,1-4H3;1H. The summed E-state index contributed by atoms with van der Waals surface area (Å²) < 4.78 is 6.48. The second-order valence-electron chi connectivity index (χ2n) is 8.42. The molecule has 0 unspecified atom stereocenters. The maximum Gasteiger partial charge on any atom is 0.260 e. The summed E-state index contributed by atoms with van der Waals surface area (Å²) in [5.74, 6) is -0.0514. The van der Waals surface area contributed by atoms with Gasteiger partial charge in [-0.3, -0.25) is 24.2 Å². The second-order valence-corrected chi connectivity index (χ2v) is 9.39. The molecule has 3 aromatic rings. The minimum absolute atomic E-state index is 0. The topological polar surface area (TPSA) is 83.0 Å². The Morgan fingerprint density at radius 2 is 1.78 bits per heavy atom. The van der Waals surface area contributed by atoms with Crippen molar-refractivity contribution in [3.8, 4) is 5.75 Å². The molecular formula is C26H31ClN4O4S. The summed E-state index contributed by atoms with van der Waals surface area (Å²) in [6.45, 7) is 9.09. The highest BCUT2D eigenvalue weighted by Crippen LogP contribution is 2.37. The van der Waals surface area contributed by atoms with E-state index in [1.807, 2.05) is 19.1 Å². The van der Waals surface area contributed by atoms with Gasteiger partial charge in [-0.1, -0.05) is 37.3 Å². The van der Waals surface area contributed by atoms with Crippen molar-refractivity contribution in [1.82, 2.24) is 9.88 Å². The molecule has 1 aliphatic rings. The van der Waals surface area contributed by atoms with Gasteiger partial charge >= 0.3 is 0 Å². The van der Waals surface area contributed by atoms with Crippen molar-refractivity contribution in [3.05, 3.63) is 47.5 Å². The Balaban J connectivity index is 0.00000361. The van der Waals surface area contributed by atoms with Crippen LogP contribution in [0.15, 0.2) is 36.4 Å². The molecule has 0 radical (unpaired) electrons. The number of rotatable bonds is 9. The third kappa shape index (κ3) is 5.38. The maximum atomic E-state index is 13.8. The molecule has 36 heavy (non-hydrogen) atoms. The highest BCUT2D eigenvalue weighted by molar-refractivity contribution is 7.22. The van der Waals surface area contributed by atoms with Gasteiger partial charge in [-0.05, 0) is 49.8 Å². The molecule has 0 spiro atoms. The molecule has 8 nitrogen and oxygen atoms in total. The molecule has 1 aromatic heterocycles. The number of halogens is 1. The van der Waals surface area contributed by atoms with Crippen LogP contribution in [0.3, 0.4) is 0 Å². The number of fused-ring (bicyclic) bond motifs is 1. The van der Waals surface area contributed by atoms with Crippen molar-refractivity contribution < 1.29 is 19.1 Å². The Morgan fingerprint density at radius 3 is 2.42 bits per heavy atom. The average Bonchev–Trinajstić information content (AvgIpc) is 3.46. The van der Waals surface area contributed by atoms with E-state index in [1.165, 1.54) is 16.2 Å². The van der Waals surface area contributed by atoms with Gasteiger partial charge in [0, 0.05) is 31.5 Å². The lowest BCUT2D eigenvalue weighted by atomic mass is 10.1. The molecule has 0 bridgehead atoms. The van der Waals surface area contributed by atoms with Crippen LogP contribution in [0.4, 0.5) is 10.8 Å². The van der Waals surface area contributed by atoms with Gasteiger partial charge < -0.3 is 9.64 Å². The number of amides is 3.